The van der Waals surface area contributed by atoms with E-state index in [0.717, 1.165) is 18.4 Å². The first kappa shape index (κ1) is 51.6. The summed E-state index contributed by atoms with van der Waals surface area (Å²) < 4.78 is 34.2. The van der Waals surface area contributed by atoms with Crippen LogP contribution < -0.4 is 31.3 Å². The molecule has 3 atom stereocenters. The fourth-order valence-electron chi connectivity index (χ4n) is 7.59. The molecule has 1 aliphatic heterocycles. The first-order valence-corrected chi connectivity index (χ1v) is 23.3. The van der Waals surface area contributed by atoms with Crippen LogP contribution in [0.3, 0.4) is 0 Å². The van der Waals surface area contributed by atoms with Gasteiger partial charge in [-0.15, -0.1) is 0 Å². The second-order valence-corrected chi connectivity index (χ2v) is 18.6. The summed E-state index contributed by atoms with van der Waals surface area (Å²) >= 11 is 3.35. The zero-order valence-corrected chi connectivity index (χ0v) is 40.5. The van der Waals surface area contributed by atoms with Crippen molar-refractivity contribution in [2.75, 3.05) is 77.8 Å². The number of likely N-dealkylation sites (tertiary alicyclic amines) is 1. The van der Waals surface area contributed by atoms with Crippen molar-refractivity contribution in [2.45, 2.75) is 90.6 Å². The Labute approximate surface area is 401 Å². The molecule has 0 spiro atoms. The lowest BCUT2D eigenvalue weighted by Crippen LogP contribution is -2.47. The molecular formula is C45H60BrN9O13. The van der Waals surface area contributed by atoms with E-state index in [1.165, 1.54) is 17.7 Å². The molecule has 2 aliphatic carbocycles. The Morgan fingerprint density at radius 3 is 2.15 bits per heavy atom. The third kappa shape index (κ3) is 15.1. The molecule has 22 nitrogen and oxygen atoms in total. The van der Waals surface area contributed by atoms with E-state index < -0.39 is 41.1 Å². The van der Waals surface area contributed by atoms with E-state index in [0.29, 0.717) is 27.7 Å². The molecule has 3 fully saturated rings. The van der Waals surface area contributed by atoms with Crippen LogP contribution in [0.25, 0.3) is 10.9 Å². The molecule has 0 bridgehead atoms. The highest BCUT2D eigenvalue weighted by Crippen LogP contribution is 2.59. The second-order valence-electron chi connectivity index (χ2n) is 17.8. The number of halogens is 1. The SMILES string of the molecule is CC(=O)c1nn(CC(=O)N2[C@H](C(=O)Nc3nc(Br)ccc3C)C[C@@]3(CNC(=O)COCCOCCNC(=O)COCCOCCNC(=O)OC(C)(C)C)C[C@@H]23)c2ccc(OC(=O)NC3CC3)cc12. The fraction of sp³-hybridized carbons (Fsp3) is 0.578. The molecule has 370 valence electrons. The molecule has 1 aromatic carbocycles. The van der Waals surface area contributed by atoms with Gasteiger partial charge in [0.1, 0.15) is 53.3 Å². The third-order valence-corrected chi connectivity index (χ3v) is 11.5. The maximum atomic E-state index is 14.3. The van der Waals surface area contributed by atoms with Gasteiger partial charge in [0.15, 0.2) is 5.78 Å². The summed E-state index contributed by atoms with van der Waals surface area (Å²) in [5.74, 6) is -1.35. The van der Waals surface area contributed by atoms with Crippen LogP contribution in [0.4, 0.5) is 15.4 Å². The Bertz CT molecular complexity index is 2340. The van der Waals surface area contributed by atoms with Gasteiger partial charge in [0.05, 0.1) is 45.2 Å². The van der Waals surface area contributed by atoms with E-state index in [9.17, 15) is 33.6 Å². The summed E-state index contributed by atoms with van der Waals surface area (Å²) in [6.07, 6.45) is 1.46. The number of hydrogen-bond donors (Lipinski definition) is 5. The summed E-state index contributed by atoms with van der Waals surface area (Å²) in [5, 5.41) is 18.7. The van der Waals surface area contributed by atoms with Crippen molar-refractivity contribution in [3.8, 4) is 5.75 Å². The highest BCUT2D eigenvalue weighted by atomic mass is 79.9. The first-order chi connectivity index (χ1) is 32.4. The van der Waals surface area contributed by atoms with Gasteiger partial charge < -0.3 is 59.9 Å². The van der Waals surface area contributed by atoms with E-state index >= 15 is 0 Å². The number of aryl methyl sites for hydroxylation is 1. The molecule has 0 radical (unpaired) electrons. The number of piperidine rings is 1. The van der Waals surface area contributed by atoms with Gasteiger partial charge in [-0.3, -0.25) is 28.7 Å². The predicted molar refractivity (Wildman–Crippen MR) is 247 cm³/mol. The van der Waals surface area contributed by atoms with Gasteiger partial charge in [0.25, 0.3) is 0 Å². The van der Waals surface area contributed by atoms with Crippen molar-refractivity contribution in [3.63, 3.8) is 0 Å². The van der Waals surface area contributed by atoms with Crippen molar-refractivity contribution < 1.29 is 62.0 Å². The Morgan fingerprint density at radius 2 is 1.49 bits per heavy atom. The van der Waals surface area contributed by atoms with Crippen LogP contribution in [-0.4, -0.2) is 157 Å². The normalized spacial score (nSPS) is 18.4. The summed E-state index contributed by atoms with van der Waals surface area (Å²) in [5.41, 5.74) is 0.121. The number of hydrogen-bond acceptors (Lipinski definition) is 15. The Morgan fingerprint density at radius 1 is 0.824 bits per heavy atom. The van der Waals surface area contributed by atoms with Gasteiger partial charge in [-0.25, -0.2) is 14.6 Å². The van der Waals surface area contributed by atoms with Crippen LogP contribution in [-0.2, 0) is 49.4 Å². The number of amides is 6. The van der Waals surface area contributed by atoms with Crippen LogP contribution in [0.2, 0.25) is 0 Å². The number of benzene rings is 1. The number of ether oxygens (including phenoxy) is 6. The minimum atomic E-state index is -0.907. The number of anilines is 1. The largest absolute Gasteiger partial charge is 0.444 e. The third-order valence-electron chi connectivity index (χ3n) is 11.1. The number of nitrogens with one attached hydrogen (secondary N) is 5. The minimum Gasteiger partial charge on any atom is -0.444 e. The van der Waals surface area contributed by atoms with Crippen LogP contribution in [0.1, 0.15) is 69.4 Å². The van der Waals surface area contributed by atoms with Gasteiger partial charge >= 0.3 is 12.2 Å². The first-order valence-electron chi connectivity index (χ1n) is 22.5. The number of ketones is 1. The van der Waals surface area contributed by atoms with Crippen molar-refractivity contribution in [3.05, 3.63) is 46.2 Å². The minimum absolute atomic E-state index is 0.0923. The zero-order valence-electron chi connectivity index (χ0n) is 38.9. The molecule has 2 saturated carbocycles. The molecular weight excluding hydrogens is 954 g/mol. The number of aromatic nitrogens is 3. The lowest BCUT2D eigenvalue weighted by Gasteiger charge is -2.27. The molecule has 5 N–H and O–H groups in total. The number of carbonyl (C=O) groups is 7. The topological polar surface area (TPSA) is 269 Å². The standard InChI is InChI=1S/C45H60BrN9O13/c1-27-6-11-35(46)51-40(27)52-41(60)33-21-45(26-49-37(58)25-66-19-16-63-14-12-47-36(57)24-65-18-17-64-15-13-48-42(61)68-44(3,4)5)22-34(45)55(33)38(59)23-54-32-10-9-30(67-43(62)50-29-7-8-29)20-31(32)39(53-54)28(2)56/h6,9-11,20,29,33-34H,7-8,12-19,21-26H2,1-5H3,(H,47,57)(H,48,61)(H,49,58)(H,50,62)(H,51,52,60)/t33-,34+,45-/m0/s1. The maximum Gasteiger partial charge on any atom is 0.412 e. The molecule has 23 heteroatoms. The average Bonchev–Trinajstić information content (AvgIpc) is 4.16. The van der Waals surface area contributed by atoms with Crippen molar-refractivity contribution in [2.24, 2.45) is 5.41 Å². The van der Waals surface area contributed by atoms with Gasteiger partial charge in [-0.1, -0.05) is 6.07 Å². The van der Waals surface area contributed by atoms with Crippen LogP contribution in [0, 0.1) is 12.3 Å². The predicted octanol–water partition coefficient (Wildman–Crippen LogP) is 2.78. The molecule has 3 aromatic rings. The van der Waals surface area contributed by atoms with Gasteiger partial charge in [-0.2, -0.15) is 5.10 Å². The summed E-state index contributed by atoms with van der Waals surface area (Å²) in [4.78, 5) is 95.8. The van der Waals surface area contributed by atoms with Gasteiger partial charge in [0, 0.05) is 49.4 Å². The van der Waals surface area contributed by atoms with Crippen LogP contribution >= 0.6 is 15.9 Å². The molecule has 6 amide bonds. The highest BCUT2D eigenvalue weighted by molar-refractivity contribution is 9.10. The Hall–Kier alpha value is -5.75. The van der Waals surface area contributed by atoms with Gasteiger partial charge in [0.2, 0.25) is 23.6 Å². The lowest BCUT2D eigenvalue weighted by atomic mass is 9.99. The molecule has 3 aliphatic rings. The van der Waals surface area contributed by atoms with Crippen molar-refractivity contribution >= 4 is 74.2 Å². The highest BCUT2D eigenvalue weighted by Gasteiger charge is 2.67. The second kappa shape index (κ2) is 23.5. The smallest absolute Gasteiger partial charge is 0.412 e. The van der Waals surface area contributed by atoms with Crippen molar-refractivity contribution in [1.29, 1.82) is 0 Å². The fourth-order valence-corrected chi connectivity index (χ4v) is 7.90. The number of carbonyl (C=O) groups excluding carboxylic acids is 7. The molecule has 2 aromatic heterocycles. The van der Waals surface area contributed by atoms with E-state index in [-0.39, 0.29) is 127 Å². The summed E-state index contributed by atoms with van der Waals surface area (Å²) in [6, 6.07) is 7.10. The number of pyridine rings is 1. The zero-order chi connectivity index (χ0) is 49.0. The Balaban J connectivity index is 0.928. The average molecular weight is 1010 g/mol. The maximum absolute atomic E-state index is 14.3. The summed E-state index contributed by atoms with van der Waals surface area (Å²) in [6.45, 7) is 9.72. The van der Waals surface area contributed by atoms with Crippen LogP contribution in [0.15, 0.2) is 34.9 Å². The molecule has 6 rings (SSSR count). The number of alkyl carbamates (subject to hydrolysis) is 1. The van der Waals surface area contributed by atoms with E-state index in [4.69, 9.17) is 28.4 Å². The lowest BCUT2D eigenvalue weighted by molar-refractivity contribution is -0.138. The molecule has 1 saturated heterocycles. The monoisotopic (exact) mass is 1010 g/mol. The van der Waals surface area contributed by atoms with E-state index in [1.807, 2.05) is 0 Å². The molecule has 68 heavy (non-hydrogen) atoms. The van der Waals surface area contributed by atoms with Crippen molar-refractivity contribution in [1.82, 2.24) is 40.9 Å². The number of rotatable bonds is 25. The van der Waals surface area contributed by atoms with E-state index in [2.05, 4.69) is 52.6 Å². The molecule has 0 unspecified atom stereocenters. The number of fused-ring (bicyclic) bond motifs is 2. The molecule has 3 heterocycles. The van der Waals surface area contributed by atoms with Gasteiger partial charge in [-0.05, 0) is 99.1 Å². The number of nitrogens with zero attached hydrogens (tertiary/aromatic N) is 4. The quantitative estimate of drug-likeness (QED) is 0.0464. The number of Topliss-reactive ketones (excluding diaryl/α,β-unsaturated/α-hetero) is 1. The van der Waals surface area contributed by atoms with E-state index in [1.54, 1.807) is 56.9 Å². The Kier molecular flexibility index (Phi) is 17.9. The summed E-state index contributed by atoms with van der Waals surface area (Å²) in [7, 11) is 0. The van der Waals surface area contributed by atoms with Crippen LogP contribution in [0.5, 0.6) is 5.75 Å².